The number of nitrogens with two attached hydrogens (primary N) is 2. The Morgan fingerprint density at radius 3 is 2.83 bits per heavy atom. The van der Waals surface area contributed by atoms with Crippen LogP contribution < -0.4 is 16.2 Å². The van der Waals surface area contributed by atoms with E-state index in [9.17, 15) is 0 Å². The lowest BCUT2D eigenvalue weighted by Crippen LogP contribution is -2.11. The van der Waals surface area contributed by atoms with E-state index >= 15 is 0 Å². The van der Waals surface area contributed by atoms with E-state index in [1.54, 1.807) is 0 Å². The van der Waals surface area contributed by atoms with Crippen molar-refractivity contribution in [2.45, 2.75) is 6.92 Å². The molecule has 1 aromatic rings. The molecular weight excluding hydrogens is 152 g/mol. The van der Waals surface area contributed by atoms with Gasteiger partial charge in [0.05, 0.1) is 5.69 Å². The first-order chi connectivity index (χ1) is 5.75. The number of anilines is 1. The zero-order valence-corrected chi connectivity index (χ0v) is 7.21. The van der Waals surface area contributed by atoms with Crippen LogP contribution in [0.3, 0.4) is 0 Å². The Bertz CT molecular complexity index is 261. The Hall–Kier alpha value is -1.22. The number of hydrogen-bond acceptors (Lipinski definition) is 3. The largest absolute Gasteiger partial charge is 0.490 e. The van der Waals surface area contributed by atoms with Gasteiger partial charge in [-0.15, -0.1) is 0 Å². The second-order valence-electron chi connectivity index (χ2n) is 2.62. The van der Waals surface area contributed by atoms with Crippen LogP contribution >= 0.6 is 0 Å². The number of benzene rings is 1. The molecule has 0 aromatic heterocycles. The molecule has 3 heteroatoms. The van der Waals surface area contributed by atoms with Gasteiger partial charge in [-0.1, -0.05) is 12.1 Å². The van der Waals surface area contributed by atoms with Gasteiger partial charge in [0.15, 0.2) is 0 Å². The fourth-order valence-corrected chi connectivity index (χ4v) is 0.948. The van der Waals surface area contributed by atoms with Crippen LogP contribution in [-0.2, 0) is 0 Å². The minimum atomic E-state index is 0.507. The summed E-state index contributed by atoms with van der Waals surface area (Å²) in [6.07, 6.45) is 0. The molecule has 0 atom stereocenters. The van der Waals surface area contributed by atoms with Crippen molar-refractivity contribution in [2.75, 3.05) is 18.9 Å². The number of para-hydroxylation sites is 1. The molecule has 66 valence electrons. The van der Waals surface area contributed by atoms with Crippen molar-refractivity contribution in [3.05, 3.63) is 23.8 Å². The van der Waals surface area contributed by atoms with Crippen molar-refractivity contribution in [3.63, 3.8) is 0 Å². The Morgan fingerprint density at radius 1 is 1.42 bits per heavy atom. The first kappa shape index (κ1) is 8.87. The van der Waals surface area contributed by atoms with E-state index in [1.807, 2.05) is 25.1 Å². The van der Waals surface area contributed by atoms with E-state index in [4.69, 9.17) is 16.2 Å². The molecule has 1 aromatic carbocycles. The zero-order valence-electron chi connectivity index (χ0n) is 7.21. The Kier molecular flexibility index (Phi) is 2.94. The molecule has 0 amide bonds. The van der Waals surface area contributed by atoms with Gasteiger partial charge in [0.25, 0.3) is 0 Å². The van der Waals surface area contributed by atoms with E-state index in [1.165, 1.54) is 0 Å². The molecule has 0 aliphatic rings. The predicted molar refractivity (Wildman–Crippen MR) is 50.1 cm³/mol. The fraction of sp³-hybridized carbons (Fsp3) is 0.333. The Morgan fingerprint density at radius 2 is 2.17 bits per heavy atom. The molecule has 0 radical (unpaired) electrons. The summed E-state index contributed by atoms with van der Waals surface area (Å²) in [6, 6.07) is 5.71. The molecule has 0 spiro atoms. The summed E-state index contributed by atoms with van der Waals surface area (Å²) < 4.78 is 5.32. The summed E-state index contributed by atoms with van der Waals surface area (Å²) in [7, 11) is 0. The molecule has 0 bridgehead atoms. The van der Waals surface area contributed by atoms with Crippen LogP contribution in [0.5, 0.6) is 5.75 Å². The van der Waals surface area contributed by atoms with Gasteiger partial charge in [0.2, 0.25) is 0 Å². The van der Waals surface area contributed by atoms with Crippen molar-refractivity contribution in [1.82, 2.24) is 0 Å². The summed E-state index contributed by atoms with van der Waals surface area (Å²) in [5.74, 6) is 0.723. The van der Waals surface area contributed by atoms with Gasteiger partial charge in [0, 0.05) is 6.54 Å². The van der Waals surface area contributed by atoms with E-state index < -0.39 is 0 Å². The third-order valence-corrected chi connectivity index (χ3v) is 1.66. The van der Waals surface area contributed by atoms with Crippen LogP contribution in [0, 0.1) is 6.92 Å². The summed E-state index contributed by atoms with van der Waals surface area (Å²) in [4.78, 5) is 0. The third-order valence-electron chi connectivity index (χ3n) is 1.66. The molecule has 1 rings (SSSR count). The molecule has 0 aliphatic carbocycles. The van der Waals surface area contributed by atoms with Gasteiger partial charge in [-0.2, -0.15) is 0 Å². The number of nitrogen functional groups attached to an aromatic ring is 1. The molecule has 0 heterocycles. The maximum absolute atomic E-state index is 5.76. The highest BCUT2D eigenvalue weighted by Crippen LogP contribution is 2.23. The Balaban J connectivity index is 2.78. The lowest BCUT2D eigenvalue weighted by Gasteiger charge is -2.08. The third kappa shape index (κ3) is 1.89. The summed E-state index contributed by atoms with van der Waals surface area (Å²) in [5.41, 5.74) is 12.8. The molecular formula is C9H14N2O. The molecule has 0 aliphatic heterocycles. The van der Waals surface area contributed by atoms with Crippen LogP contribution in [0.25, 0.3) is 0 Å². The van der Waals surface area contributed by atoms with Crippen LogP contribution in [-0.4, -0.2) is 13.2 Å². The van der Waals surface area contributed by atoms with Gasteiger partial charge in [-0.3, -0.25) is 0 Å². The summed E-state index contributed by atoms with van der Waals surface area (Å²) in [5, 5.41) is 0. The van der Waals surface area contributed by atoms with E-state index in [-0.39, 0.29) is 0 Å². The molecule has 0 fully saturated rings. The highest BCUT2D eigenvalue weighted by Gasteiger charge is 2.00. The molecule has 12 heavy (non-hydrogen) atoms. The first-order valence-corrected chi connectivity index (χ1v) is 3.93. The number of rotatable bonds is 3. The average Bonchev–Trinajstić information content (AvgIpc) is 2.08. The van der Waals surface area contributed by atoms with Gasteiger partial charge >= 0.3 is 0 Å². The number of aryl methyl sites for hydroxylation is 1. The second kappa shape index (κ2) is 3.97. The molecule has 0 saturated heterocycles. The van der Waals surface area contributed by atoms with Crippen molar-refractivity contribution in [2.24, 2.45) is 5.73 Å². The van der Waals surface area contributed by atoms with Gasteiger partial charge < -0.3 is 16.2 Å². The van der Waals surface area contributed by atoms with E-state index in [0.29, 0.717) is 18.8 Å². The van der Waals surface area contributed by atoms with Crippen LogP contribution in [0.2, 0.25) is 0 Å². The molecule has 3 nitrogen and oxygen atoms in total. The van der Waals surface area contributed by atoms with E-state index in [2.05, 4.69) is 0 Å². The lowest BCUT2D eigenvalue weighted by molar-refractivity contribution is 0.330. The maximum Gasteiger partial charge on any atom is 0.142 e. The van der Waals surface area contributed by atoms with Crippen molar-refractivity contribution in [3.8, 4) is 5.75 Å². The lowest BCUT2D eigenvalue weighted by atomic mass is 10.2. The van der Waals surface area contributed by atoms with Crippen molar-refractivity contribution in [1.29, 1.82) is 0 Å². The predicted octanol–water partition coefficient (Wildman–Crippen LogP) is 0.915. The maximum atomic E-state index is 5.76. The van der Waals surface area contributed by atoms with Gasteiger partial charge in [0.1, 0.15) is 12.4 Å². The van der Waals surface area contributed by atoms with Crippen molar-refractivity contribution < 1.29 is 4.74 Å². The monoisotopic (exact) mass is 166 g/mol. The van der Waals surface area contributed by atoms with Crippen molar-refractivity contribution >= 4 is 5.69 Å². The van der Waals surface area contributed by atoms with Crippen LogP contribution in [0.1, 0.15) is 5.56 Å². The smallest absolute Gasteiger partial charge is 0.142 e. The Labute approximate surface area is 72.3 Å². The van der Waals surface area contributed by atoms with Gasteiger partial charge in [-0.25, -0.2) is 0 Å². The first-order valence-electron chi connectivity index (χ1n) is 3.93. The normalized spacial score (nSPS) is 9.83. The number of ether oxygens (including phenoxy) is 1. The average molecular weight is 166 g/mol. The summed E-state index contributed by atoms with van der Waals surface area (Å²) >= 11 is 0. The molecule has 0 saturated carbocycles. The SMILES string of the molecule is Cc1cccc(OCCN)c1N. The summed E-state index contributed by atoms with van der Waals surface area (Å²) in [6.45, 7) is 2.96. The van der Waals surface area contributed by atoms with E-state index in [0.717, 1.165) is 11.3 Å². The minimum absolute atomic E-state index is 0.507. The quantitative estimate of drug-likeness (QED) is 0.656. The second-order valence-corrected chi connectivity index (χ2v) is 2.62. The molecule has 0 unspecified atom stereocenters. The minimum Gasteiger partial charge on any atom is -0.490 e. The fourth-order valence-electron chi connectivity index (χ4n) is 0.948. The van der Waals surface area contributed by atoms with Crippen LogP contribution in [0.15, 0.2) is 18.2 Å². The molecule has 4 N–H and O–H groups in total. The van der Waals surface area contributed by atoms with Gasteiger partial charge in [-0.05, 0) is 18.6 Å². The standard InChI is InChI=1S/C9H14N2O/c1-7-3-2-4-8(9(7)11)12-6-5-10/h2-4H,5-6,10-11H2,1H3. The highest BCUT2D eigenvalue weighted by molar-refractivity contribution is 5.57. The zero-order chi connectivity index (χ0) is 8.97. The van der Waals surface area contributed by atoms with Crippen LogP contribution in [0.4, 0.5) is 5.69 Å². The topological polar surface area (TPSA) is 61.3 Å². The number of hydrogen-bond donors (Lipinski definition) is 2. The highest BCUT2D eigenvalue weighted by atomic mass is 16.5.